The SMILES string of the molecule is Nc1ccccc1-c1nc(-c2ncc(Br)cc2Br)no1. The molecular weight excluding hydrogens is 388 g/mol. The van der Waals surface area contributed by atoms with Gasteiger partial charge in [-0.15, -0.1) is 0 Å². The summed E-state index contributed by atoms with van der Waals surface area (Å²) in [6, 6.07) is 9.20. The van der Waals surface area contributed by atoms with Crippen LogP contribution in [0.4, 0.5) is 5.69 Å². The van der Waals surface area contributed by atoms with Crippen molar-refractivity contribution < 1.29 is 4.52 Å². The van der Waals surface area contributed by atoms with Crippen molar-refractivity contribution in [2.75, 3.05) is 5.73 Å². The molecule has 0 saturated carbocycles. The van der Waals surface area contributed by atoms with Crippen LogP contribution in [0.3, 0.4) is 0 Å². The summed E-state index contributed by atoms with van der Waals surface area (Å²) in [5.41, 5.74) is 7.80. The third-order valence-electron chi connectivity index (χ3n) is 2.64. The van der Waals surface area contributed by atoms with Crippen LogP contribution in [0.2, 0.25) is 0 Å². The van der Waals surface area contributed by atoms with Crippen LogP contribution in [0.1, 0.15) is 0 Å². The molecule has 0 bridgehead atoms. The highest BCUT2D eigenvalue weighted by Gasteiger charge is 2.15. The Labute approximate surface area is 131 Å². The Kier molecular flexibility index (Phi) is 3.54. The normalized spacial score (nSPS) is 10.7. The van der Waals surface area contributed by atoms with Gasteiger partial charge in [0.2, 0.25) is 5.82 Å². The standard InChI is InChI=1S/C13H8Br2N4O/c14-7-5-9(15)11(17-6-7)12-18-13(20-19-12)8-3-1-2-4-10(8)16/h1-6H,16H2. The summed E-state index contributed by atoms with van der Waals surface area (Å²) in [5.74, 6) is 0.775. The van der Waals surface area contributed by atoms with Gasteiger partial charge in [-0.25, -0.2) is 0 Å². The number of hydrogen-bond donors (Lipinski definition) is 1. The average Bonchev–Trinajstić information content (AvgIpc) is 2.88. The van der Waals surface area contributed by atoms with Gasteiger partial charge in [-0.2, -0.15) is 4.98 Å². The van der Waals surface area contributed by atoms with E-state index in [4.69, 9.17) is 10.3 Å². The molecule has 20 heavy (non-hydrogen) atoms. The van der Waals surface area contributed by atoms with Crippen molar-refractivity contribution in [3.63, 3.8) is 0 Å². The molecule has 0 fully saturated rings. The number of pyridine rings is 1. The number of benzene rings is 1. The van der Waals surface area contributed by atoms with Crippen LogP contribution < -0.4 is 5.73 Å². The monoisotopic (exact) mass is 394 g/mol. The second-order valence-corrected chi connectivity index (χ2v) is 5.76. The predicted molar refractivity (Wildman–Crippen MR) is 82.8 cm³/mol. The highest BCUT2D eigenvalue weighted by molar-refractivity contribution is 9.11. The lowest BCUT2D eigenvalue weighted by molar-refractivity contribution is 0.432. The van der Waals surface area contributed by atoms with Gasteiger partial charge < -0.3 is 10.3 Å². The van der Waals surface area contributed by atoms with Crippen molar-refractivity contribution in [1.29, 1.82) is 0 Å². The minimum atomic E-state index is 0.370. The highest BCUT2D eigenvalue weighted by Crippen LogP contribution is 2.29. The number of hydrogen-bond acceptors (Lipinski definition) is 5. The number of nitrogens with two attached hydrogens (primary N) is 1. The van der Waals surface area contributed by atoms with E-state index < -0.39 is 0 Å². The van der Waals surface area contributed by atoms with E-state index in [2.05, 4.69) is 47.0 Å². The quantitative estimate of drug-likeness (QED) is 0.665. The molecular formula is C13H8Br2N4O. The molecule has 0 saturated heterocycles. The van der Waals surface area contributed by atoms with Crippen LogP contribution in [0.25, 0.3) is 23.0 Å². The summed E-state index contributed by atoms with van der Waals surface area (Å²) >= 11 is 6.77. The molecule has 2 N–H and O–H groups in total. The van der Waals surface area contributed by atoms with E-state index >= 15 is 0 Å². The summed E-state index contributed by atoms with van der Waals surface area (Å²) in [4.78, 5) is 8.60. The van der Waals surface area contributed by atoms with Gasteiger partial charge in [0, 0.05) is 20.8 Å². The highest BCUT2D eigenvalue weighted by atomic mass is 79.9. The zero-order valence-corrected chi connectivity index (χ0v) is 13.2. The van der Waals surface area contributed by atoms with Crippen LogP contribution in [0.15, 0.2) is 50.0 Å². The summed E-state index contributed by atoms with van der Waals surface area (Å²) in [7, 11) is 0. The number of nitrogens with zero attached hydrogens (tertiary/aromatic N) is 3. The fraction of sp³-hybridized carbons (Fsp3) is 0. The van der Waals surface area contributed by atoms with Crippen molar-refractivity contribution in [1.82, 2.24) is 15.1 Å². The molecule has 0 radical (unpaired) electrons. The maximum Gasteiger partial charge on any atom is 0.260 e. The lowest BCUT2D eigenvalue weighted by Gasteiger charge is -1.99. The third kappa shape index (κ3) is 2.46. The largest absolute Gasteiger partial charge is 0.398 e. The molecule has 1 aromatic carbocycles. The Bertz CT molecular complexity index is 773. The third-order valence-corrected chi connectivity index (χ3v) is 3.68. The molecule has 5 nitrogen and oxygen atoms in total. The van der Waals surface area contributed by atoms with Crippen LogP contribution in [-0.2, 0) is 0 Å². The molecule has 0 unspecified atom stereocenters. The minimum absolute atomic E-state index is 0.370. The molecule has 100 valence electrons. The van der Waals surface area contributed by atoms with Gasteiger partial charge in [-0.1, -0.05) is 17.3 Å². The zero-order chi connectivity index (χ0) is 14.1. The Morgan fingerprint density at radius 2 is 1.95 bits per heavy atom. The molecule has 0 amide bonds. The van der Waals surface area contributed by atoms with E-state index in [-0.39, 0.29) is 0 Å². The number of aromatic nitrogens is 3. The lowest BCUT2D eigenvalue weighted by Crippen LogP contribution is -1.90. The Morgan fingerprint density at radius 1 is 1.15 bits per heavy atom. The first-order valence-electron chi connectivity index (χ1n) is 5.65. The topological polar surface area (TPSA) is 77.8 Å². The van der Waals surface area contributed by atoms with Crippen LogP contribution in [0.5, 0.6) is 0 Å². The average molecular weight is 396 g/mol. The number of rotatable bonds is 2. The predicted octanol–water partition coefficient (Wildman–Crippen LogP) is 3.91. The van der Waals surface area contributed by atoms with Gasteiger partial charge in [0.25, 0.3) is 5.89 Å². The molecule has 3 aromatic rings. The molecule has 0 spiro atoms. The van der Waals surface area contributed by atoms with Crippen LogP contribution >= 0.6 is 31.9 Å². The Hall–Kier alpha value is -1.73. The Morgan fingerprint density at radius 3 is 2.70 bits per heavy atom. The van der Waals surface area contributed by atoms with E-state index in [0.29, 0.717) is 28.7 Å². The van der Waals surface area contributed by atoms with E-state index in [1.165, 1.54) is 0 Å². The van der Waals surface area contributed by atoms with Crippen molar-refractivity contribution in [2.24, 2.45) is 0 Å². The van der Waals surface area contributed by atoms with E-state index in [0.717, 1.165) is 8.95 Å². The zero-order valence-electron chi connectivity index (χ0n) is 10.0. The van der Waals surface area contributed by atoms with E-state index in [1.807, 2.05) is 24.3 Å². The second kappa shape index (κ2) is 5.34. The van der Waals surface area contributed by atoms with Gasteiger partial charge in [-0.3, -0.25) is 4.98 Å². The first-order valence-corrected chi connectivity index (χ1v) is 7.24. The fourth-order valence-electron chi connectivity index (χ4n) is 1.70. The summed E-state index contributed by atoms with van der Waals surface area (Å²) in [6.07, 6.45) is 1.67. The molecule has 2 heterocycles. The smallest absolute Gasteiger partial charge is 0.260 e. The number of para-hydroxylation sites is 1. The van der Waals surface area contributed by atoms with Crippen molar-refractivity contribution in [2.45, 2.75) is 0 Å². The first-order chi connectivity index (χ1) is 9.65. The van der Waals surface area contributed by atoms with Gasteiger partial charge in [0.15, 0.2) is 0 Å². The van der Waals surface area contributed by atoms with Crippen molar-refractivity contribution in [3.05, 3.63) is 45.5 Å². The molecule has 0 aliphatic rings. The number of anilines is 1. The molecule has 0 atom stereocenters. The Balaban J connectivity index is 2.04. The molecule has 0 aliphatic heterocycles. The van der Waals surface area contributed by atoms with Crippen LogP contribution in [0, 0.1) is 0 Å². The number of nitrogen functional groups attached to an aromatic ring is 1. The molecule has 7 heteroatoms. The van der Waals surface area contributed by atoms with Gasteiger partial charge in [0.05, 0.1) is 5.56 Å². The maximum absolute atomic E-state index is 5.89. The fourth-order valence-corrected chi connectivity index (χ4v) is 2.86. The summed E-state index contributed by atoms with van der Waals surface area (Å²) < 4.78 is 6.90. The van der Waals surface area contributed by atoms with Gasteiger partial charge in [-0.05, 0) is 50.1 Å². The van der Waals surface area contributed by atoms with E-state index in [9.17, 15) is 0 Å². The van der Waals surface area contributed by atoms with Crippen LogP contribution in [-0.4, -0.2) is 15.1 Å². The minimum Gasteiger partial charge on any atom is -0.398 e. The lowest BCUT2D eigenvalue weighted by atomic mass is 10.2. The maximum atomic E-state index is 5.89. The van der Waals surface area contributed by atoms with Gasteiger partial charge in [0.1, 0.15) is 5.69 Å². The molecule has 2 aromatic heterocycles. The summed E-state index contributed by atoms with van der Waals surface area (Å²) in [6.45, 7) is 0. The van der Waals surface area contributed by atoms with Gasteiger partial charge >= 0.3 is 0 Å². The number of halogens is 2. The molecule has 0 aliphatic carbocycles. The van der Waals surface area contributed by atoms with E-state index in [1.54, 1.807) is 12.3 Å². The molecule has 3 rings (SSSR count). The second-order valence-electron chi connectivity index (χ2n) is 3.99. The summed E-state index contributed by atoms with van der Waals surface area (Å²) in [5, 5.41) is 3.94. The first kappa shape index (κ1) is 13.3. The van der Waals surface area contributed by atoms with Crippen molar-refractivity contribution >= 4 is 37.5 Å². The van der Waals surface area contributed by atoms with Crippen molar-refractivity contribution in [3.8, 4) is 23.0 Å².